The molecule has 6 aromatic carbocycles. The van der Waals surface area contributed by atoms with E-state index in [0.717, 1.165) is 0 Å². The minimum atomic E-state index is -2.05. The fourth-order valence-electron chi connectivity index (χ4n) is 4.89. The average Bonchev–Trinajstić information content (AvgIpc) is 3.00. The zero-order valence-corrected chi connectivity index (χ0v) is 21.7. The molecule has 0 unspecified atom stereocenters. The lowest BCUT2D eigenvalue weighted by molar-refractivity contribution is -0.255. The van der Waals surface area contributed by atoms with Crippen molar-refractivity contribution in [2.24, 2.45) is 0 Å². The molecule has 0 spiro atoms. The van der Waals surface area contributed by atoms with Crippen LogP contribution in [0.5, 0.6) is 0 Å². The summed E-state index contributed by atoms with van der Waals surface area (Å²) in [5.74, 6) is -1.13. The van der Waals surface area contributed by atoms with Crippen LogP contribution in [-0.2, 0) is 0 Å². The number of hydrogen-bond donors (Lipinski definition) is 0. The van der Waals surface area contributed by atoms with Gasteiger partial charge in [0.05, 0.1) is 5.97 Å². The Morgan fingerprint density at radius 3 is 1.29 bits per heavy atom. The van der Waals surface area contributed by atoms with Crippen LogP contribution >= 0.6 is 7.26 Å². The van der Waals surface area contributed by atoms with Gasteiger partial charge in [0.15, 0.2) is 0 Å². The number of hydrogen-bond acceptors (Lipinski definition) is 2. The van der Waals surface area contributed by atoms with Gasteiger partial charge in [0.2, 0.25) is 0 Å². The molecule has 0 amide bonds. The second kappa shape index (κ2) is 11.7. The molecule has 38 heavy (non-hydrogen) atoms. The summed E-state index contributed by atoms with van der Waals surface area (Å²) in [6.07, 6.45) is 0. The maximum absolute atomic E-state index is 10.1. The van der Waals surface area contributed by atoms with Crippen molar-refractivity contribution in [1.82, 2.24) is 0 Å². The van der Waals surface area contributed by atoms with E-state index in [1.165, 1.54) is 44.1 Å². The smallest absolute Gasteiger partial charge is 0.144 e. The van der Waals surface area contributed by atoms with Crippen LogP contribution in [0.3, 0.4) is 0 Å². The fourth-order valence-corrected chi connectivity index (χ4v) is 9.36. The van der Waals surface area contributed by atoms with Crippen molar-refractivity contribution < 1.29 is 9.90 Å². The Kier molecular flexibility index (Phi) is 7.73. The summed E-state index contributed by atoms with van der Waals surface area (Å²) in [6, 6.07) is 56.7. The van der Waals surface area contributed by atoms with Crippen LogP contribution < -0.4 is 26.3 Å². The molecule has 3 heteroatoms. The molecule has 2 nitrogen and oxygen atoms in total. The highest BCUT2D eigenvalue weighted by molar-refractivity contribution is 8.01. The van der Waals surface area contributed by atoms with Gasteiger partial charge < -0.3 is 9.90 Å². The van der Waals surface area contributed by atoms with Gasteiger partial charge in [-0.15, -0.1) is 0 Å². The lowest BCUT2D eigenvalue weighted by atomic mass is 10.1. The Hall–Kier alpha value is -4.52. The van der Waals surface area contributed by atoms with Crippen molar-refractivity contribution >= 4 is 45.2 Å². The normalized spacial score (nSPS) is 10.8. The maximum atomic E-state index is 10.1. The van der Waals surface area contributed by atoms with Crippen LogP contribution in [0.25, 0.3) is 10.8 Å². The minimum Gasteiger partial charge on any atom is -0.545 e. The van der Waals surface area contributed by atoms with E-state index in [0.29, 0.717) is 0 Å². The Balaban J connectivity index is 0.000000278. The first-order valence-corrected chi connectivity index (χ1v) is 14.3. The van der Waals surface area contributed by atoms with Crippen LogP contribution in [0.2, 0.25) is 0 Å². The van der Waals surface area contributed by atoms with Gasteiger partial charge in [0.1, 0.15) is 28.5 Å². The van der Waals surface area contributed by atoms with Gasteiger partial charge in [-0.1, -0.05) is 121 Å². The van der Waals surface area contributed by atoms with Crippen molar-refractivity contribution in [2.45, 2.75) is 0 Å². The first-order chi connectivity index (χ1) is 18.7. The summed E-state index contributed by atoms with van der Waals surface area (Å²) in [5, 5.41) is 18.3. The van der Waals surface area contributed by atoms with Crippen LogP contribution in [0.1, 0.15) is 10.4 Å². The van der Waals surface area contributed by atoms with Gasteiger partial charge in [-0.3, -0.25) is 0 Å². The molecule has 0 aliphatic heterocycles. The Labute approximate surface area is 224 Å². The van der Waals surface area contributed by atoms with Crippen molar-refractivity contribution in [3.05, 3.63) is 169 Å². The molecule has 0 saturated carbocycles. The molecule has 0 bridgehead atoms. The van der Waals surface area contributed by atoms with E-state index in [9.17, 15) is 9.90 Å². The third-order valence-corrected chi connectivity index (χ3v) is 10.9. The largest absolute Gasteiger partial charge is 0.545 e. The molecule has 0 atom stereocenters. The summed E-state index contributed by atoms with van der Waals surface area (Å²) in [4.78, 5) is 10.1. The van der Waals surface area contributed by atoms with E-state index >= 15 is 0 Å². The Morgan fingerprint density at radius 1 is 0.447 bits per heavy atom. The highest BCUT2D eigenvalue weighted by Crippen LogP contribution is 2.55. The molecule has 0 aliphatic carbocycles. The SMILES string of the molecule is O=C([O-])c1ccccc1.c1ccc([P+](c2ccccc2)(c2ccccc2)c2cccc3ccccc23)cc1. The van der Waals surface area contributed by atoms with Crippen molar-refractivity contribution in [3.8, 4) is 0 Å². The van der Waals surface area contributed by atoms with Crippen molar-refractivity contribution in [3.63, 3.8) is 0 Å². The number of aromatic carboxylic acids is 1. The zero-order valence-electron chi connectivity index (χ0n) is 20.9. The number of carbonyl (C=O) groups excluding carboxylic acids is 1. The van der Waals surface area contributed by atoms with Gasteiger partial charge in [-0.25, -0.2) is 0 Å². The van der Waals surface area contributed by atoms with Gasteiger partial charge in [-0.2, -0.15) is 0 Å². The van der Waals surface area contributed by atoms with Gasteiger partial charge in [0, 0.05) is 5.39 Å². The van der Waals surface area contributed by atoms with E-state index in [1.807, 2.05) is 0 Å². The second-order valence-electron chi connectivity index (χ2n) is 8.83. The number of carbonyl (C=O) groups is 1. The molecule has 0 heterocycles. The summed E-state index contributed by atoms with van der Waals surface area (Å²) in [6.45, 7) is 0. The Morgan fingerprint density at radius 2 is 0.842 bits per heavy atom. The Bertz CT molecular complexity index is 1510. The predicted molar refractivity (Wildman–Crippen MR) is 160 cm³/mol. The first-order valence-electron chi connectivity index (χ1n) is 12.5. The third-order valence-electron chi connectivity index (χ3n) is 6.57. The maximum Gasteiger partial charge on any atom is 0.144 e. The molecule has 0 saturated heterocycles. The topological polar surface area (TPSA) is 40.1 Å². The van der Waals surface area contributed by atoms with E-state index < -0.39 is 13.2 Å². The summed E-state index contributed by atoms with van der Waals surface area (Å²) >= 11 is 0. The zero-order chi connectivity index (χ0) is 26.2. The van der Waals surface area contributed by atoms with Crippen LogP contribution in [-0.4, -0.2) is 5.97 Å². The van der Waals surface area contributed by atoms with E-state index in [4.69, 9.17) is 0 Å². The molecule has 0 aliphatic rings. The molecular weight excluding hydrogens is 483 g/mol. The molecule has 0 fully saturated rings. The van der Waals surface area contributed by atoms with Crippen molar-refractivity contribution in [1.29, 1.82) is 0 Å². The molecule has 184 valence electrons. The fraction of sp³-hybridized carbons (Fsp3) is 0. The van der Waals surface area contributed by atoms with Crippen LogP contribution in [0.4, 0.5) is 0 Å². The lowest BCUT2D eigenvalue weighted by Gasteiger charge is -2.28. The second-order valence-corrected chi connectivity index (χ2v) is 12.2. The number of benzene rings is 6. The van der Waals surface area contributed by atoms with E-state index in [1.54, 1.807) is 18.2 Å². The number of rotatable bonds is 5. The van der Waals surface area contributed by atoms with Gasteiger partial charge in [-0.05, 0) is 53.4 Å². The van der Waals surface area contributed by atoms with Crippen LogP contribution in [0, 0.1) is 0 Å². The highest BCUT2D eigenvalue weighted by atomic mass is 31.2. The predicted octanol–water partition coefficient (Wildman–Crippen LogP) is 5.51. The summed E-state index contributed by atoms with van der Waals surface area (Å²) in [5.41, 5.74) is 0.220. The lowest BCUT2D eigenvalue weighted by Crippen LogP contribution is -2.38. The summed E-state index contributed by atoms with van der Waals surface area (Å²) < 4.78 is 0. The first kappa shape index (κ1) is 25.1. The average molecular weight is 511 g/mol. The molecular formula is C35H27O2P. The molecule has 6 rings (SSSR count). The van der Waals surface area contributed by atoms with E-state index in [-0.39, 0.29) is 5.56 Å². The van der Waals surface area contributed by atoms with Gasteiger partial charge in [0.25, 0.3) is 0 Å². The number of carboxylic acid groups (broad SMARTS) is 1. The minimum absolute atomic E-state index is 0.220. The van der Waals surface area contributed by atoms with Crippen LogP contribution in [0.15, 0.2) is 164 Å². The molecule has 0 N–H and O–H groups in total. The van der Waals surface area contributed by atoms with E-state index in [2.05, 4.69) is 133 Å². The van der Waals surface area contributed by atoms with Crippen molar-refractivity contribution in [2.75, 3.05) is 0 Å². The monoisotopic (exact) mass is 510 g/mol. The highest BCUT2D eigenvalue weighted by Gasteiger charge is 2.48. The third kappa shape index (κ3) is 5.00. The molecule has 0 aromatic heterocycles. The molecule has 0 radical (unpaired) electrons. The van der Waals surface area contributed by atoms with Gasteiger partial charge >= 0.3 is 0 Å². The quantitative estimate of drug-likeness (QED) is 0.287. The number of carboxylic acids is 1. The standard InChI is InChI=1S/C28H22P.C7H6O2/c1-4-15-24(16-5-1)29(25-17-6-2-7-18-25,26-19-8-3-9-20-26)28-22-12-14-23-13-10-11-21-27(23)28;8-7(9)6-4-2-1-3-5-6/h1-22H;1-5H,(H,8,9)/q+1;/p-1. The number of fused-ring (bicyclic) bond motifs is 1. The molecule has 6 aromatic rings. The summed E-state index contributed by atoms with van der Waals surface area (Å²) in [7, 11) is -2.05.